The molecule has 1 aliphatic carbocycles. The van der Waals surface area contributed by atoms with Crippen LogP contribution in [0.5, 0.6) is 0 Å². The highest BCUT2D eigenvalue weighted by Crippen LogP contribution is 2.31. The Hall–Kier alpha value is -2.81. The van der Waals surface area contributed by atoms with Gasteiger partial charge in [-0.05, 0) is 66.6 Å². The number of aliphatic carboxylic acids is 1. The number of hydrogen-bond acceptors (Lipinski definition) is 7. The lowest BCUT2D eigenvalue weighted by atomic mass is 9.82. The van der Waals surface area contributed by atoms with Gasteiger partial charge in [0.15, 0.2) is 5.82 Å². The number of carbonyl (C=O) groups is 2. The molecule has 174 valence electrons. The van der Waals surface area contributed by atoms with Crippen LogP contribution in [0.4, 0.5) is 0 Å². The predicted molar refractivity (Wildman–Crippen MR) is 118 cm³/mol. The van der Waals surface area contributed by atoms with E-state index in [1.807, 2.05) is 26.0 Å². The third kappa shape index (κ3) is 6.12. The van der Waals surface area contributed by atoms with Gasteiger partial charge in [0.05, 0.1) is 19.1 Å². The van der Waals surface area contributed by atoms with Crippen molar-refractivity contribution in [1.29, 1.82) is 0 Å². The van der Waals surface area contributed by atoms with Gasteiger partial charge in [-0.2, -0.15) is 0 Å². The molecule has 1 heterocycles. The summed E-state index contributed by atoms with van der Waals surface area (Å²) in [6.45, 7) is 6.00. The first-order valence-electron chi connectivity index (χ1n) is 11.4. The number of esters is 1. The Morgan fingerprint density at radius 1 is 1.22 bits per heavy atom. The number of aromatic nitrogens is 4. The Balaban J connectivity index is 1.97. The van der Waals surface area contributed by atoms with Crippen molar-refractivity contribution in [2.24, 2.45) is 5.92 Å². The third-order valence-corrected chi connectivity index (χ3v) is 6.26. The predicted octanol–water partition coefficient (Wildman–Crippen LogP) is 2.96. The maximum atomic E-state index is 12.1. The Labute approximate surface area is 188 Å². The molecular formula is C23H33N5O4. The molecule has 32 heavy (non-hydrogen) atoms. The highest BCUT2D eigenvalue weighted by molar-refractivity contribution is 5.69. The number of hydrogen-bond donors (Lipinski definition) is 2. The topological polar surface area (TPSA) is 119 Å². The number of rotatable bonds is 10. The molecule has 3 rings (SSSR count). The first kappa shape index (κ1) is 23.8. The minimum Gasteiger partial charge on any atom is -0.481 e. The van der Waals surface area contributed by atoms with E-state index in [-0.39, 0.29) is 31.5 Å². The van der Waals surface area contributed by atoms with Crippen LogP contribution in [0.1, 0.15) is 74.0 Å². The fourth-order valence-electron chi connectivity index (χ4n) is 4.42. The summed E-state index contributed by atoms with van der Waals surface area (Å²) in [4.78, 5) is 23.8. The standard InChI is InChI=1S/C23H33N5O4/c1-4-32-21(31)14-28-23(25-26-27-28)22(18-11-10-15(2)16(3)12-18)24-19(13-20(29)30)17-8-6-5-7-9-17/h10-12,17,19,22,24H,4-9,13-14H2,1-3H3,(H,29,30). The van der Waals surface area contributed by atoms with Crippen LogP contribution < -0.4 is 5.32 Å². The average Bonchev–Trinajstić information content (AvgIpc) is 3.21. The van der Waals surface area contributed by atoms with Crippen molar-refractivity contribution in [3.63, 3.8) is 0 Å². The van der Waals surface area contributed by atoms with Crippen molar-refractivity contribution in [3.05, 3.63) is 40.7 Å². The number of nitrogens with zero attached hydrogens (tertiary/aromatic N) is 4. The van der Waals surface area contributed by atoms with Crippen LogP contribution in [0.15, 0.2) is 18.2 Å². The van der Waals surface area contributed by atoms with Gasteiger partial charge in [-0.15, -0.1) is 5.10 Å². The molecule has 1 fully saturated rings. The summed E-state index contributed by atoms with van der Waals surface area (Å²) in [6, 6.07) is 5.42. The van der Waals surface area contributed by atoms with E-state index in [2.05, 4.69) is 26.9 Å². The van der Waals surface area contributed by atoms with Crippen molar-refractivity contribution >= 4 is 11.9 Å². The number of tetrazole rings is 1. The van der Waals surface area contributed by atoms with Crippen LogP contribution in [0.2, 0.25) is 0 Å². The van der Waals surface area contributed by atoms with E-state index >= 15 is 0 Å². The molecule has 0 saturated heterocycles. The molecule has 1 saturated carbocycles. The first-order valence-corrected chi connectivity index (χ1v) is 11.4. The minimum atomic E-state index is -0.835. The van der Waals surface area contributed by atoms with E-state index in [0.717, 1.165) is 42.4 Å². The van der Waals surface area contributed by atoms with Gasteiger partial charge >= 0.3 is 11.9 Å². The van der Waals surface area contributed by atoms with Crippen LogP contribution >= 0.6 is 0 Å². The lowest BCUT2D eigenvalue weighted by Gasteiger charge is -2.33. The molecular weight excluding hydrogens is 410 g/mol. The van der Waals surface area contributed by atoms with Gasteiger partial charge in [-0.1, -0.05) is 37.5 Å². The zero-order chi connectivity index (χ0) is 23.1. The van der Waals surface area contributed by atoms with Crippen LogP contribution in [0, 0.1) is 19.8 Å². The summed E-state index contributed by atoms with van der Waals surface area (Å²) < 4.78 is 6.50. The SMILES string of the molecule is CCOC(=O)Cn1nnnc1C(NC(CC(=O)O)C1CCCCC1)c1ccc(C)c(C)c1. The molecule has 0 aliphatic heterocycles. The van der Waals surface area contributed by atoms with Gasteiger partial charge in [-0.3, -0.25) is 14.9 Å². The van der Waals surface area contributed by atoms with Crippen LogP contribution in [-0.2, 0) is 20.9 Å². The Morgan fingerprint density at radius 3 is 2.62 bits per heavy atom. The summed E-state index contributed by atoms with van der Waals surface area (Å²) >= 11 is 0. The molecule has 0 spiro atoms. The Morgan fingerprint density at radius 2 is 1.97 bits per heavy atom. The van der Waals surface area contributed by atoms with Crippen molar-refractivity contribution in [3.8, 4) is 0 Å². The summed E-state index contributed by atoms with van der Waals surface area (Å²) in [5.74, 6) is -0.525. The van der Waals surface area contributed by atoms with E-state index in [4.69, 9.17) is 4.74 Å². The molecule has 1 aromatic heterocycles. The number of carboxylic acid groups (broad SMARTS) is 1. The van der Waals surface area contributed by atoms with Crippen molar-refractivity contribution in [1.82, 2.24) is 25.5 Å². The second-order valence-corrected chi connectivity index (χ2v) is 8.55. The monoisotopic (exact) mass is 443 g/mol. The Bertz CT molecular complexity index is 923. The van der Waals surface area contributed by atoms with Gasteiger partial charge in [0, 0.05) is 6.04 Å². The van der Waals surface area contributed by atoms with Gasteiger partial charge in [0.1, 0.15) is 6.54 Å². The Kier molecular flexibility index (Phi) is 8.33. The maximum absolute atomic E-state index is 12.1. The molecule has 9 heteroatoms. The lowest BCUT2D eigenvalue weighted by Crippen LogP contribution is -2.42. The van der Waals surface area contributed by atoms with Gasteiger partial charge < -0.3 is 9.84 Å². The molecule has 2 aromatic rings. The van der Waals surface area contributed by atoms with Crippen molar-refractivity contribution in [2.75, 3.05) is 6.61 Å². The van der Waals surface area contributed by atoms with Crippen LogP contribution in [0.25, 0.3) is 0 Å². The average molecular weight is 444 g/mol. The molecule has 0 bridgehead atoms. The summed E-state index contributed by atoms with van der Waals surface area (Å²) in [6.07, 6.45) is 5.42. The molecule has 2 N–H and O–H groups in total. The normalized spacial score (nSPS) is 16.5. The molecule has 2 unspecified atom stereocenters. The highest BCUT2D eigenvalue weighted by atomic mass is 16.5. The molecule has 0 radical (unpaired) electrons. The van der Waals surface area contributed by atoms with E-state index in [1.54, 1.807) is 6.92 Å². The second-order valence-electron chi connectivity index (χ2n) is 8.55. The zero-order valence-electron chi connectivity index (χ0n) is 19.1. The van der Waals surface area contributed by atoms with Crippen LogP contribution in [0.3, 0.4) is 0 Å². The van der Waals surface area contributed by atoms with Crippen molar-refractivity contribution in [2.45, 2.75) is 77.9 Å². The number of aryl methyl sites for hydroxylation is 2. The molecule has 1 aliphatic rings. The number of carbonyl (C=O) groups excluding carboxylic acids is 1. The van der Waals surface area contributed by atoms with E-state index in [0.29, 0.717) is 5.82 Å². The molecule has 1 aromatic carbocycles. The van der Waals surface area contributed by atoms with Gasteiger partial charge in [0.25, 0.3) is 0 Å². The van der Waals surface area contributed by atoms with E-state index in [1.165, 1.54) is 11.1 Å². The maximum Gasteiger partial charge on any atom is 0.327 e. The molecule has 0 amide bonds. The van der Waals surface area contributed by atoms with Crippen molar-refractivity contribution < 1.29 is 19.4 Å². The first-order chi connectivity index (χ1) is 15.4. The van der Waals surface area contributed by atoms with Crippen LogP contribution in [-0.4, -0.2) is 49.9 Å². The molecule has 9 nitrogen and oxygen atoms in total. The summed E-state index contributed by atoms with van der Waals surface area (Å²) in [5, 5.41) is 25.2. The quantitative estimate of drug-likeness (QED) is 0.538. The smallest absolute Gasteiger partial charge is 0.327 e. The largest absolute Gasteiger partial charge is 0.481 e. The fraction of sp³-hybridized carbons (Fsp3) is 0.609. The second kappa shape index (κ2) is 11.2. The summed E-state index contributed by atoms with van der Waals surface area (Å²) in [7, 11) is 0. The van der Waals surface area contributed by atoms with E-state index in [9.17, 15) is 14.7 Å². The summed E-state index contributed by atoms with van der Waals surface area (Å²) in [5.41, 5.74) is 3.21. The number of nitrogens with one attached hydrogen (secondary N) is 1. The zero-order valence-corrected chi connectivity index (χ0v) is 19.1. The van der Waals surface area contributed by atoms with Gasteiger partial charge in [0.2, 0.25) is 0 Å². The van der Waals surface area contributed by atoms with Gasteiger partial charge in [-0.25, -0.2) is 4.68 Å². The minimum absolute atomic E-state index is 0.0193. The lowest BCUT2D eigenvalue weighted by molar-refractivity contribution is -0.144. The van der Waals surface area contributed by atoms with E-state index < -0.39 is 18.0 Å². The number of carboxylic acids is 1. The third-order valence-electron chi connectivity index (χ3n) is 6.26. The molecule has 2 atom stereocenters. The number of benzene rings is 1. The fourth-order valence-corrected chi connectivity index (χ4v) is 4.42. The number of ether oxygens (including phenoxy) is 1. The highest BCUT2D eigenvalue weighted by Gasteiger charge is 2.31.